The van der Waals surface area contributed by atoms with Crippen LogP contribution >= 0.6 is 0 Å². The Balaban J connectivity index is 2.08. The van der Waals surface area contributed by atoms with Crippen LogP contribution in [0.25, 0.3) is 10.9 Å². The smallest absolute Gasteiger partial charge is 0.230 e. The van der Waals surface area contributed by atoms with Crippen molar-refractivity contribution in [3.8, 4) is 0 Å². The number of hydrogen-bond acceptors (Lipinski definition) is 2. The number of rotatable bonds is 6. The molecule has 0 aliphatic rings. The Bertz CT molecular complexity index is 613. The van der Waals surface area contributed by atoms with E-state index in [-0.39, 0.29) is 5.91 Å². The Labute approximate surface area is 126 Å². The van der Waals surface area contributed by atoms with Crippen LogP contribution in [0, 0.1) is 0 Å². The van der Waals surface area contributed by atoms with Crippen LogP contribution in [0.5, 0.6) is 0 Å². The lowest BCUT2D eigenvalue weighted by Crippen LogP contribution is -2.40. The molecular weight excluding hydrogens is 262 g/mol. The minimum absolute atomic E-state index is 0.0750. The van der Waals surface area contributed by atoms with Crippen LogP contribution in [0.3, 0.4) is 0 Å². The van der Waals surface area contributed by atoms with Crippen molar-refractivity contribution in [1.82, 2.24) is 15.2 Å². The van der Waals surface area contributed by atoms with Crippen molar-refractivity contribution in [3.05, 3.63) is 36.0 Å². The van der Waals surface area contributed by atoms with Gasteiger partial charge in [-0.15, -0.1) is 0 Å². The first-order valence-corrected chi connectivity index (χ1v) is 7.42. The van der Waals surface area contributed by atoms with Gasteiger partial charge in [0.2, 0.25) is 5.91 Å². The molecule has 0 radical (unpaired) electrons. The van der Waals surface area contributed by atoms with Gasteiger partial charge >= 0.3 is 0 Å². The minimum Gasteiger partial charge on any atom is -0.361 e. The van der Waals surface area contributed by atoms with Gasteiger partial charge in [0.25, 0.3) is 0 Å². The SMILES string of the molecule is CN(C)CCCNC(=O)C(C)(C)c1c[nH]c2ccccc12. The molecule has 0 aliphatic heterocycles. The van der Waals surface area contributed by atoms with Crippen LogP contribution in [0.2, 0.25) is 0 Å². The second-order valence-corrected chi connectivity index (χ2v) is 6.29. The van der Waals surface area contributed by atoms with Crippen LogP contribution in [0.4, 0.5) is 0 Å². The van der Waals surface area contributed by atoms with Gasteiger partial charge in [0.05, 0.1) is 5.41 Å². The number of aromatic nitrogens is 1. The number of carbonyl (C=O) groups is 1. The predicted octanol–water partition coefficient (Wildman–Crippen LogP) is 2.51. The molecule has 0 saturated carbocycles. The van der Waals surface area contributed by atoms with Gasteiger partial charge in [-0.3, -0.25) is 4.79 Å². The normalized spacial score (nSPS) is 12.0. The maximum absolute atomic E-state index is 12.5. The van der Waals surface area contributed by atoms with Gasteiger partial charge in [-0.05, 0) is 52.5 Å². The molecule has 1 heterocycles. The van der Waals surface area contributed by atoms with E-state index >= 15 is 0 Å². The highest BCUT2D eigenvalue weighted by Gasteiger charge is 2.31. The molecule has 0 bridgehead atoms. The number of carbonyl (C=O) groups excluding carboxylic acids is 1. The first kappa shape index (κ1) is 15.6. The van der Waals surface area contributed by atoms with E-state index in [1.54, 1.807) is 0 Å². The molecule has 1 aromatic heterocycles. The molecule has 0 atom stereocenters. The van der Waals surface area contributed by atoms with Gasteiger partial charge in [0, 0.05) is 23.6 Å². The summed E-state index contributed by atoms with van der Waals surface area (Å²) in [6.07, 6.45) is 2.91. The van der Waals surface area contributed by atoms with E-state index < -0.39 is 5.41 Å². The molecule has 21 heavy (non-hydrogen) atoms. The molecular formula is C17H25N3O. The zero-order valence-electron chi connectivity index (χ0n) is 13.4. The maximum atomic E-state index is 12.5. The number of nitrogens with one attached hydrogen (secondary N) is 2. The van der Waals surface area contributed by atoms with Gasteiger partial charge in [-0.1, -0.05) is 18.2 Å². The molecule has 0 saturated heterocycles. The summed E-state index contributed by atoms with van der Waals surface area (Å²) >= 11 is 0. The summed E-state index contributed by atoms with van der Waals surface area (Å²) in [4.78, 5) is 17.9. The van der Waals surface area contributed by atoms with Crippen molar-refractivity contribution < 1.29 is 4.79 Å². The third-order valence-electron chi connectivity index (χ3n) is 3.90. The third kappa shape index (κ3) is 3.45. The quantitative estimate of drug-likeness (QED) is 0.802. The Morgan fingerprint density at radius 1 is 1.29 bits per heavy atom. The van der Waals surface area contributed by atoms with Crippen LogP contribution in [0.1, 0.15) is 25.8 Å². The second kappa shape index (κ2) is 6.31. The zero-order valence-corrected chi connectivity index (χ0v) is 13.4. The fourth-order valence-corrected chi connectivity index (χ4v) is 2.53. The minimum atomic E-state index is -0.544. The van der Waals surface area contributed by atoms with Gasteiger partial charge in [0.15, 0.2) is 0 Å². The number of para-hydroxylation sites is 1. The molecule has 0 fully saturated rings. The molecule has 114 valence electrons. The fourth-order valence-electron chi connectivity index (χ4n) is 2.53. The van der Waals surface area contributed by atoms with Crippen molar-refractivity contribution in [2.75, 3.05) is 27.2 Å². The Morgan fingerprint density at radius 2 is 2.00 bits per heavy atom. The highest BCUT2D eigenvalue weighted by atomic mass is 16.2. The lowest BCUT2D eigenvalue weighted by atomic mass is 9.83. The van der Waals surface area contributed by atoms with Gasteiger partial charge in [-0.25, -0.2) is 0 Å². The van der Waals surface area contributed by atoms with E-state index in [1.807, 2.05) is 52.3 Å². The van der Waals surface area contributed by atoms with Crippen LogP contribution in [0.15, 0.2) is 30.5 Å². The van der Waals surface area contributed by atoms with Crippen LogP contribution in [-0.2, 0) is 10.2 Å². The summed E-state index contributed by atoms with van der Waals surface area (Å²) in [5.74, 6) is 0.0750. The predicted molar refractivity (Wildman–Crippen MR) is 87.5 cm³/mol. The number of H-pyrrole nitrogens is 1. The lowest BCUT2D eigenvalue weighted by Gasteiger charge is -2.23. The van der Waals surface area contributed by atoms with E-state index in [9.17, 15) is 4.79 Å². The van der Waals surface area contributed by atoms with Gasteiger partial charge in [-0.2, -0.15) is 0 Å². The summed E-state index contributed by atoms with van der Waals surface area (Å²) in [6.45, 7) is 5.64. The second-order valence-electron chi connectivity index (χ2n) is 6.29. The topological polar surface area (TPSA) is 48.1 Å². The van der Waals surface area contributed by atoms with Crippen molar-refractivity contribution >= 4 is 16.8 Å². The average Bonchev–Trinajstić information content (AvgIpc) is 2.87. The largest absolute Gasteiger partial charge is 0.361 e. The first-order valence-electron chi connectivity index (χ1n) is 7.42. The molecule has 4 heteroatoms. The van der Waals surface area contributed by atoms with E-state index in [1.165, 1.54) is 0 Å². The van der Waals surface area contributed by atoms with Gasteiger partial charge < -0.3 is 15.2 Å². The molecule has 0 spiro atoms. The standard InChI is InChI=1S/C17H25N3O/c1-17(2,16(21)18-10-7-11-20(3)4)14-12-19-15-9-6-5-8-13(14)15/h5-6,8-9,12,19H,7,10-11H2,1-4H3,(H,18,21). The fraction of sp³-hybridized carbons (Fsp3) is 0.471. The Morgan fingerprint density at radius 3 is 2.71 bits per heavy atom. The molecule has 0 aliphatic carbocycles. The zero-order chi connectivity index (χ0) is 15.5. The van der Waals surface area contributed by atoms with E-state index in [0.717, 1.165) is 29.4 Å². The third-order valence-corrected chi connectivity index (χ3v) is 3.90. The highest BCUT2D eigenvalue weighted by Crippen LogP contribution is 2.30. The number of amides is 1. The van der Waals surface area contributed by atoms with E-state index in [0.29, 0.717) is 6.54 Å². The molecule has 2 rings (SSSR count). The molecule has 1 aromatic carbocycles. The van der Waals surface area contributed by atoms with Crippen LogP contribution < -0.4 is 5.32 Å². The summed E-state index contributed by atoms with van der Waals surface area (Å²) in [5, 5.41) is 4.17. The van der Waals surface area contributed by atoms with E-state index in [4.69, 9.17) is 0 Å². The molecule has 0 unspecified atom stereocenters. The van der Waals surface area contributed by atoms with Crippen molar-refractivity contribution in [1.29, 1.82) is 0 Å². The van der Waals surface area contributed by atoms with Crippen molar-refractivity contribution in [2.45, 2.75) is 25.7 Å². The summed E-state index contributed by atoms with van der Waals surface area (Å²) in [5.41, 5.74) is 1.57. The molecule has 4 nitrogen and oxygen atoms in total. The average molecular weight is 287 g/mol. The summed E-state index contributed by atoms with van der Waals surface area (Å²) in [6, 6.07) is 8.09. The van der Waals surface area contributed by atoms with Crippen molar-refractivity contribution in [2.24, 2.45) is 0 Å². The molecule has 2 aromatic rings. The number of hydrogen-bond donors (Lipinski definition) is 2. The highest BCUT2D eigenvalue weighted by molar-refractivity contribution is 5.94. The monoisotopic (exact) mass is 287 g/mol. The first-order chi connectivity index (χ1) is 9.93. The number of benzene rings is 1. The number of aromatic amines is 1. The molecule has 2 N–H and O–H groups in total. The maximum Gasteiger partial charge on any atom is 0.230 e. The summed E-state index contributed by atoms with van der Waals surface area (Å²) in [7, 11) is 4.08. The molecule has 1 amide bonds. The lowest BCUT2D eigenvalue weighted by molar-refractivity contribution is -0.125. The number of fused-ring (bicyclic) bond motifs is 1. The van der Waals surface area contributed by atoms with E-state index in [2.05, 4.69) is 21.3 Å². The van der Waals surface area contributed by atoms with Crippen molar-refractivity contribution in [3.63, 3.8) is 0 Å². The Kier molecular flexibility index (Phi) is 4.68. The van der Waals surface area contributed by atoms with Gasteiger partial charge in [0.1, 0.15) is 0 Å². The van der Waals surface area contributed by atoms with Crippen LogP contribution in [-0.4, -0.2) is 43.0 Å². The Hall–Kier alpha value is -1.81. The number of nitrogens with zero attached hydrogens (tertiary/aromatic N) is 1. The summed E-state index contributed by atoms with van der Waals surface area (Å²) < 4.78 is 0.